The van der Waals surface area contributed by atoms with Gasteiger partial charge in [-0.15, -0.1) is 0 Å². The van der Waals surface area contributed by atoms with E-state index in [-0.39, 0.29) is 21.1 Å². The molecule has 0 N–H and O–H groups in total. The van der Waals surface area contributed by atoms with Crippen LogP contribution >= 0.6 is 0 Å². The number of rotatable bonds is 2. The molecule has 2 heteroatoms. The molecule has 1 aromatic rings. The van der Waals surface area contributed by atoms with Crippen molar-refractivity contribution in [2.45, 2.75) is 73.3 Å². The van der Waals surface area contributed by atoms with E-state index in [1.54, 1.807) is 0 Å². The second kappa shape index (κ2) is 10.6. The smallest absolute Gasteiger partial charge is 0.379 e. The molecule has 118 valence electrons. The number of benzene rings is 1. The molecule has 0 heterocycles. The van der Waals surface area contributed by atoms with Gasteiger partial charge in [0.1, 0.15) is 0 Å². The average molecular weight is 458 g/mol. The fraction of sp³-hybridized carbons (Fsp3) is 0.632. The van der Waals surface area contributed by atoms with Crippen molar-refractivity contribution < 1.29 is 25.8 Å². The van der Waals surface area contributed by atoms with Crippen LogP contribution in [0.25, 0.3) is 0 Å². The van der Waals surface area contributed by atoms with Gasteiger partial charge in [0, 0.05) is 6.61 Å². The van der Waals surface area contributed by atoms with E-state index in [1.165, 1.54) is 53.5 Å². The van der Waals surface area contributed by atoms with Crippen LogP contribution in [0.15, 0.2) is 0 Å². The predicted octanol–water partition coefficient (Wildman–Crippen LogP) is 5.20. The maximum absolute atomic E-state index is 5.46. The molecule has 21 heavy (non-hydrogen) atoms. The Morgan fingerprint density at radius 2 is 1.43 bits per heavy atom. The Labute approximate surface area is 146 Å². The summed E-state index contributed by atoms with van der Waals surface area (Å²) in [6.45, 7) is 13.7. The second-order valence-corrected chi connectivity index (χ2v) is 5.77. The van der Waals surface area contributed by atoms with Crippen LogP contribution in [0.4, 0.5) is 0 Å². The van der Waals surface area contributed by atoms with Gasteiger partial charge in [-0.1, -0.05) is 47.5 Å². The molecule has 0 saturated heterocycles. The SMILES string of the molecule is CCOC1CC[CH-]CC1.Cc1[c-]c(C)c(C)c(C)c1C.[W+2]. The summed E-state index contributed by atoms with van der Waals surface area (Å²) in [5, 5.41) is 0. The van der Waals surface area contributed by atoms with Crippen molar-refractivity contribution in [3.8, 4) is 0 Å². The van der Waals surface area contributed by atoms with E-state index in [0.29, 0.717) is 6.10 Å². The van der Waals surface area contributed by atoms with Crippen LogP contribution in [0.2, 0.25) is 0 Å². The first-order valence-corrected chi connectivity index (χ1v) is 7.86. The minimum absolute atomic E-state index is 0. The topological polar surface area (TPSA) is 9.23 Å². The van der Waals surface area contributed by atoms with Crippen LogP contribution in [0.1, 0.15) is 60.4 Å². The van der Waals surface area contributed by atoms with E-state index in [1.807, 2.05) is 0 Å². The van der Waals surface area contributed by atoms with Gasteiger partial charge in [-0.25, -0.2) is 0 Å². The first kappa shape index (κ1) is 20.9. The van der Waals surface area contributed by atoms with Crippen molar-refractivity contribution >= 4 is 0 Å². The molecule has 1 nitrogen and oxygen atoms in total. The van der Waals surface area contributed by atoms with Gasteiger partial charge in [-0.3, -0.25) is 0 Å². The van der Waals surface area contributed by atoms with Crippen LogP contribution in [0.3, 0.4) is 0 Å². The van der Waals surface area contributed by atoms with Gasteiger partial charge < -0.3 is 11.2 Å². The van der Waals surface area contributed by atoms with Gasteiger partial charge >= 0.3 is 21.1 Å². The molecule has 0 radical (unpaired) electrons. The summed E-state index contributed by atoms with van der Waals surface area (Å²) in [4.78, 5) is 0. The maximum Gasteiger partial charge on any atom is 2.00 e. The number of hydrogen-bond donors (Lipinski definition) is 0. The largest absolute Gasteiger partial charge is 2.00 e. The zero-order chi connectivity index (χ0) is 15.1. The van der Waals surface area contributed by atoms with Crippen LogP contribution < -0.4 is 0 Å². The third-order valence-electron chi connectivity index (χ3n) is 4.41. The van der Waals surface area contributed by atoms with E-state index in [0.717, 1.165) is 6.61 Å². The van der Waals surface area contributed by atoms with Crippen molar-refractivity contribution in [1.82, 2.24) is 0 Å². The van der Waals surface area contributed by atoms with Crippen LogP contribution in [0.5, 0.6) is 0 Å². The van der Waals surface area contributed by atoms with E-state index < -0.39 is 0 Å². The molecule has 0 bridgehead atoms. The molecule has 2 rings (SSSR count). The van der Waals surface area contributed by atoms with Crippen molar-refractivity contribution in [2.24, 2.45) is 0 Å². The van der Waals surface area contributed by atoms with E-state index in [4.69, 9.17) is 4.74 Å². The Bertz CT molecular complexity index is 391. The first-order valence-electron chi connectivity index (χ1n) is 7.86. The van der Waals surface area contributed by atoms with Crippen molar-refractivity contribution in [2.75, 3.05) is 6.61 Å². The van der Waals surface area contributed by atoms with E-state index in [2.05, 4.69) is 54.0 Å². The maximum atomic E-state index is 5.46. The zero-order valence-corrected chi connectivity index (χ0v) is 17.4. The first-order chi connectivity index (χ1) is 9.47. The molecule has 0 unspecified atom stereocenters. The minimum atomic E-state index is 0. The standard InChI is InChI=1S/C11H15.C8H15O.W/c1-7-6-8(2)10(4)11(5)9(7)3;1-2-9-8-6-4-3-5-7-8;/h1-5H3;3,8H,2,4-7H2,1H3;/q2*-1;+2. The van der Waals surface area contributed by atoms with Crippen LogP contribution in [-0.2, 0) is 25.8 Å². The quantitative estimate of drug-likeness (QED) is 0.554. The number of aryl methyl sites for hydroxylation is 2. The van der Waals surface area contributed by atoms with Gasteiger partial charge in [-0.05, 0) is 6.92 Å². The number of hydrogen-bond acceptors (Lipinski definition) is 1. The fourth-order valence-electron chi connectivity index (χ4n) is 2.61. The predicted molar refractivity (Wildman–Crippen MR) is 87.1 cm³/mol. The second-order valence-electron chi connectivity index (χ2n) is 5.77. The third kappa shape index (κ3) is 6.66. The van der Waals surface area contributed by atoms with Gasteiger partial charge in [-0.2, -0.15) is 46.7 Å². The summed E-state index contributed by atoms with van der Waals surface area (Å²) in [5.41, 5.74) is 6.75. The summed E-state index contributed by atoms with van der Waals surface area (Å²) in [7, 11) is 0. The fourth-order valence-corrected chi connectivity index (χ4v) is 2.61. The molecule has 1 saturated carbocycles. The molecular weight excluding hydrogens is 428 g/mol. The molecule has 0 spiro atoms. The van der Waals surface area contributed by atoms with Gasteiger partial charge in [0.15, 0.2) is 0 Å². The Kier molecular flexibility index (Phi) is 10.5. The molecule has 1 aliphatic carbocycles. The molecule has 1 fully saturated rings. The molecular formula is C19H30OW. The summed E-state index contributed by atoms with van der Waals surface area (Å²) >= 11 is 0. The Balaban J connectivity index is 0.000000370. The summed E-state index contributed by atoms with van der Waals surface area (Å²) < 4.78 is 5.46. The van der Waals surface area contributed by atoms with Crippen molar-refractivity contribution in [3.05, 3.63) is 40.3 Å². The summed E-state index contributed by atoms with van der Waals surface area (Å²) in [6.07, 6.45) is 7.92. The van der Waals surface area contributed by atoms with Gasteiger partial charge in [0.25, 0.3) is 0 Å². The molecule has 0 aliphatic heterocycles. The molecule has 0 atom stereocenters. The molecule has 1 aliphatic rings. The van der Waals surface area contributed by atoms with Crippen LogP contribution in [-0.4, -0.2) is 12.7 Å². The molecule has 1 aromatic carbocycles. The number of ether oxygens (including phenoxy) is 1. The summed E-state index contributed by atoms with van der Waals surface area (Å²) in [5.74, 6) is 0. The van der Waals surface area contributed by atoms with Crippen molar-refractivity contribution in [3.63, 3.8) is 0 Å². The normalized spacial score (nSPS) is 15.0. The van der Waals surface area contributed by atoms with E-state index in [9.17, 15) is 0 Å². The van der Waals surface area contributed by atoms with Gasteiger partial charge in [0.05, 0.1) is 6.10 Å². The summed E-state index contributed by atoms with van der Waals surface area (Å²) in [6, 6.07) is 3.35. The Morgan fingerprint density at radius 1 is 0.952 bits per heavy atom. The monoisotopic (exact) mass is 458 g/mol. The van der Waals surface area contributed by atoms with Gasteiger partial charge in [0.2, 0.25) is 0 Å². The zero-order valence-electron chi connectivity index (χ0n) is 14.5. The molecule has 0 amide bonds. The Morgan fingerprint density at radius 3 is 1.86 bits per heavy atom. The van der Waals surface area contributed by atoms with Crippen LogP contribution in [0, 0.1) is 47.1 Å². The van der Waals surface area contributed by atoms with Crippen molar-refractivity contribution in [1.29, 1.82) is 0 Å². The Hall–Kier alpha value is -0.132. The average Bonchev–Trinajstić information content (AvgIpc) is 2.45. The third-order valence-corrected chi connectivity index (χ3v) is 4.41. The molecule has 0 aromatic heterocycles. The van der Waals surface area contributed by atoms with E-state index >= 15 is 0 Å². The minimum Gasteiger partial charge on any atom is -0.379 e.